The summed E-state index contributed by atoms with van der Waals surface area (Å²) in [6, 6.07) is 11.3. The van der Waals surface area contributed by atoms with Crippen LogP contribution < -0.4 is 0 Å². The SMILES string of the molecule is O=[N+]([O-])c1cccc(/N=N/c2cccc([N+](=O)[O-])c2)c1. The normalized spacial score (nSPS) is 10.6. The fourth-order valence-electron chi connectivity index (χ4n) is 1.45. The molecule has 8 nitrogen and oxygen atoms in total. The number of hydrogen-bond donors (Lipinski definition) is 0. The van der Waals surface area contributed by atoms with Gasteiger partial charge in [-0.2, -0.15) is 10.2 Å². The van der Waals surface area contributed by atoms with E-state index in [0.29, 0.717) is 11.4 Å². The number of nitro benzene ring substituents is 2. The molecule has 0 bridgehead atoms. The Balaban J connectivity index is 2.25. The van der Waals surface area contributed by atoms with Crippen LogP contribution in [0.15, 0.2) is 58.8 Å². The number of rotatable bonds is 4. The second-order valence-electron chi connectivity index (χ2n) is 3.75. The lowest BCUT2D eigenvalue weighted by atomic mass is 10.3. The van der Waals surface area contributed by atoms with Crippen molar-refractivity contribution < 1.29 is 9.85 Å². The van der Waals surface area contributed by atoms with E-state index in [1.165, 1.54) is 36.4 Å². The summed E-state index contributed by atoms with van der Waals surface area (Å²) in [5.74, 6) is 0. The molecule has 0 aliphatic carbocycles. The third-order valence-corrected chi connectivity index (χ3v) is 2.36. The number of benzene rings is 2. The number of hydrogen-bond acceptors (Lipinski definition) is 6. The van der Waals surface area contributed by atoms with Crippen LogP contribution in [0.4, 0.5) is 22.7 Å². The van der Waals surface area contributed by atoms with Gasteiger partial charge in [-0.25, -0.2) is 0 Å². The molecule has 0 unspecified atom stereocenters. The van der Waals surface area contributed by atoms with Gasteiger partial charge in [-0.15, -0.1) is 0 Å². The lowest BCUT2D eigenvalue weighted by Crippen LogP contribution is -1.86. The van der Waals surface area contributed by atoms with Crippen LogP contribution in [-0.4, -0.2) is 9.85 Å². The van der Waals surface area contributed by atoms with Gasteiger partial charge >= 0.3 is 0 Å². The minimum absolute atomic E-state index is 0.0968. The van der Waals surface area contributed by atoms with Crippen LogP contribution in [0.3, 0.4) is 0 Å². The van der Waals surface area contributed by atoms with E-state index >= 15 is 0 Å². The molecule has 0 N–H and O–H groups in total. The second-order valence-corrected chi connectivity index (χ2v) is 3.75. The molecule has 2 rings (SSSR count). The molecule has 2 aromatic carbocycles. The van der Waals surface area contributed by atoms with Crippen molar-refractivity contribution in [2.45, 2.75) is 0 Å². The van der Waals surface area contributed by atoms with Crippen LogP contribution in [-0.2, 0) is 0 Å². The Hall–Kier alpha value is -3.16. The van der Waals surface area contributed by atoms with Gasteiger partial charge in [0.1, 0.15) is 0 Å². The molecule has 0 radical (unpaired) electrons. The van der Waals surface area contributed by atoms with E-state index in [1.807, 2.05) is 0 Å². The average molecular weight is 272 g/mol. The lowest BCUT2D eigenvalue weighted by Gasteiger charge is -1.95. The maximum Gasteiger partial charge on any atom is 0.271 e. The first kappa shape index (κ1) is 13.3. The van der Waals surface area contributed by atoms with Crippen LogP contribution in [0.5, 0.6) is 0 Å². The van der Waals surface area contributed by atoms with Gasteiger partial charge in [0.15, 0.2) is 0 Å². The Kier molecular flexibility index (Phi) is 3.75. The highest BCUT2D eigenvalue weighted by Gasteiger charge is 2.06. The molecule has 100 valence electrons. The van der Waals surface area contributed by atoms with Crippen molar-refractivity contribution in [3.63, 3.8) is 0 Å². The minimum Gasteiger partial charge on any atom is -0.258 e. The fourth-order valence-corrected chi connectivity index (χ4v) is 1.45. The van der Waals surface area contributed by atoms with Gasteiger partial charge in [-0.1, -0.05) is 12.1 Å². The largest absolute Gasteiger partial charge is 0.271 e. The van der Waals surface area contributed by atoms with E-state index in [-0.39, 0.29) is 11.4 Å². The Morgan fingerprint density at radius 2 is 1.15 bits per heavy atom. The molecule has 0 amide bonds. The van der Waals surface area contributed by atoms with E-state index in [0.717, 1.165) is 0 Å². The van der Waals surface area contributed by atoms with Gasteiger partial charge < -0.3 is 0 Å². The van der Waals surface area contributed by atoms with Gasteiger partial charge in [-0.3, -0.25) is 20.2 Å². The lowest BCUT2D eigenvalue weighted by molar-refractivity contribution is -0.385. The molecule has 0 saturated heterocycles. The van der Waals surface area contributed by atoms with Crippen LogP contribution in [0, 0.1) is 20.2 Å². The average Bonchev–Trinajstić information content (AvgIpc) is 2.45. The molecular formula is C12H8N4O4. The molecule has 8 heteroatoms. The number of azo groups is 1. The quantitative estimate of drug-likeness (QED) is 0.477. The van der Waals surface area contributed by atoms with Crippen molar-refractivity contribution in [2.24, 2.45) is 10.2 Å². The standard InChI is InChI=1S/C12H8N4O4/c17-15(18)11-5-1-3-9(7-11)13-14-10-4-2-6-12(8-10)16(19)20/h1-8H/b14-13+. The zero-order valence-corrected chi connectivity index (χ0v) is 10.0. The second kappa shape index (κ2) is 5.65. The molecule has 0 atom stereocenters. The highest BCUT2D eigenvalue weighted by Crippen LogP contribution is 2.24. The van der Waals surface area contributed by atoms with Crippen LogP contribution in [0.1, 0.15) is 0 Å². The predicted molar refractivity (Wildman–Crippen MR) is 70.4 cm³/mol. The maximum atomic E-state index is 10.6. The number of non-ortho nitro benzene ring substituents is 2. The fraction of sp³-hybridized carbons (Fsp3) is 0. The molecule has 0 saturated carbocycles. The van der Waals surface area contributed by atoms with Gasteiger partial charge in [0.25, 0.3) is 11.4 Å². The molecule has 0 heterocycles. The molecule has 0 aromatic heterocycles. The Bertz CT molecular complexity index is 640. The molecule has 0 spiro atoms. The first-order valence-electron chi connectivity index (χ1n) is 5.47. The zero-order valence-electron chi connectivity index (χ0n) is 10.0. The Morgan fingerprint density at radius 3 is 1.50 bits per heavy atom. The summed E-state index contributed by atoms with van der Waals surface area (Å²) in [6.07, 6.45) is 0. The summed E-state index contributed by atoms with van der Waals surface area (Å²) in [5, 5.41) is 28.8. The van der Waals surface area contributed by atoms with E-state index < -0.39 is 9.85 Å². The summed E-state index contributed by atoms with van der Waals surface area (Å²) in [4.78, 5) is 20.1. The molecule has 0 aliphatic heterocycles. The Morgan fingerprint density at radius 1 is 0.750 bits per heavy atom. The first-order valence-corrected chi connectivity index (χ1v) is 5.47. The summed E-state index contributed by atoms with van der Waals surface area (Å²) in [7, 11) is 0. The molecule has 20 heavy (non-hydrogen) atoms. The van der Waals surface area contributed by atoms with E-state index in [1.54, 1.807) is 12.1 Å². The predicted octanol–water partition coefficient (Wildman–Crippen LogP) is 3.92. The van der Waals surface area contributed by atoms with Gasteiger partial charge in [0.05, 0.1) is 21.2 Å². The van der Waals surface area contributed by atoms with Gasteiger partial charge in [0, 0.05) is 24.3 Å². The van der Waals surface area contributed by atoms with Crippen molar-refractivity contribution >= 4 is 22.7 Å². The summed E-state index contributed by atoms with van der Waals surface area (Å²) in [5.41, 5.74) is 0.400. The highest BCUT2D eigenvalue weighted by molar-refractivity contribution is 5.49. The first-order chi connectivity index (χ1) is 9.56. The van der Waals surface area contributed by atoms with E-state index in [2.05, 4.69) is 10.2 Å². The number of nitro groups is 2. The van der Waals surface area contributed by atoms with Crippen molar-refractivity contribution in [1.29, 1.82) is 0 Å². The number of nitrogens with zero attached hydrogens (tertiary/aromatic N) is 4. The van der Waals surface area contributed by atoms with Crippen molar-refractivity contribution in [2.75, 3.05) is 0 Å². The topological polar surface area (TPSA) is 111 Å². The molecule has 0 fully saturated rings. The summed E-state index contributed by atoms with van der Waals surface area (Å²) < 4.78 is 0. The van der Waals surface area contributed by atoms with Crippen molar-refractivity contribution in [1.82, 2.24) is 0 Å². The van der Waals surface area contributed by atoms with Crippen LogP contribution in [0.2, 0.25) is 0 Å². The van der Waals surface area contributed by atoms with Crippen molar-refractivity contribution in [3.8, 4) is 0 Å². The zero-order chi connectivity index (χ0) is 14.5. The van der Waals surface area contributed by atoms with Crippen LogP contribution in [0.25, 0.3) is 0 Å². The molecular weight excluding hydrogens is 264 g/mol. The van der Waals surface area contributed by atoms with Gasteiger partial charge in [-0.05, 0) is 12.1 Å². The summed E-state index contributed by atoms with van der Waals surface area (Å²) >= 11 is 0. The maximum absolute atomic E-state index is 10.6. The minimum atomic E-state index is -0.535. The van der Waals surface area contributed by atoms with Crippen molar-refractivity contribution in [3.05, 3.63) is 68.8 Å². The third-order valence-electron chi connectivity index (χ3n) is 2.36. The third kappa shape index (κ3) is 3.19. The Labute approximate surface area is 112 Å². The smallest absolute Gasteiger partial charge is 0.258 e. The van der Waals surface area contributed by atoms with E-state index in [9.17, 15) is 20.2 Å². The van der Waals surface area contributed by atoms with E-state index in [4.69, 9.17) is 0 Å². The summed E-state index contributed by atoms with van der Waals surface area (Å²) in [6.45, 7) is 0. The van der Waals surface area contributed by atoms with Crippen LogP contribution >= 0.6 is 0 Å². The van der Waals surface area contributed by atoms with Gasteiger partial charge in [0.2, 0.25) is 0 Å². The monoisotopic (exact) mass is 272 g/mol. The highest BCUT2D eigenvalue weighted by atomic mass is 16.6. The molecule has 2 aromatic rings. The molecule has 0 aliphatic rings.